The van der Waals surface area contributed by atoms with Crippen molar-refractivity contribution in [3.05, 3.63) is 59.1 Å². The third-order valence-electron chi connectivity index (χ3n) is 4.72. The van der Waals surface area contributed by atoms with Crippen molar-refractivity contribution < 1.29 is 17.9 Å². The number of ether oxygens (including phenoxy) is 1. The lowest BCUT2D eigenvalue weighted by molar-refractivity contribution is -0.139. The Labute approximate surface area is 170 Å². The zero-order chi connectivity index (χ0) is 20.3. The van der Waals surface area contributed by atoms with Crippen molar-refractivity contribution in [2.75, 3.05) is 26.2 Å². The van der Waals surface area contributed by atoms with E-state index in [0.29, 0.717) is 23.9 Å². The average Bonchev–Trinajstić information content (AvgIpc) is 2.71. The molecule has 0 N–H and O–H groups in total. The maximum atomic E-state index is 12.7. The first kappa shape index (κ1) is 20.6. The molecule has 1 saturated heterocycles. The first-order valence-electron chi connectivity index (χ1n) is 9.06. The van der Waals surface area contributed by atoms with Crippen LogP contribution in [-0.2, 0) is 14.8 Å². The van der Waals surface area contributed by atoms with Crippen LogP contribution in [-0.4, -0.2) is 55.8 Å². The average molecular weight is 423 g/mol. The van der Waals surface area contributed by atoms with E-state index in [9.17, 15) is 13.2 Å². The highest BCUT2D eigenvalue weighted by atomic mass is 35.5. The number of piperazine rings is 1. The molecule has 0 aliphatic carbocycles. The van der Waals surface area contributed by atoms with Gasteiger partial charge >= 0.3 is 0 Å². The first-order chi connectivity index (χ1) is 13.3. The maximum Gasteiger partial charge on any atom is 0.263 e. The van der Waals surface area contributed by atoms with Gasteiger partial charge in [0.25, 0.3) is 5.91 Å². The zero-order valence-electron chi connectivity index (χ0n) is 15.8. The number of halogens is 1. The summed E-state index contributed by atoms with van der Waals surface area (Å²) in [5.74, 6) is 0.414. The van der Waals surface area contributed by atoms with Gasteiger partial charge in [0.1, 0.15) is 5.75 Å². The molecule has 0 bridgehead atoms. The van der Waals surface area contributed by atoms with Crippen molar-refractivity contribution in [3.8, 4) is 5.75 Å². The topological polar surface area (TPSA) is 66.9 Å². The lowest BCUT2D eigenvalue weighted by Crippen LogP contribution is -2.53. The van der Waals surface area contributed by atoms with E-state index >= 15 is 0 Å². The van der Waals surface area contributed by atoms with Crippen LogP contribution in [0.15, 0.2) is 53.4 Å². The van der Waals surface area contributed by atoms with Crippen LogP contribution in [0.5, 0.6) is 5.75 Å². The highest BCUT2D eigenvalue weighted by Gasteiger charge is 2.31. The molecule has 1 heterocycles. The van der Waals surface area contributed by atoms with Crippen molar-refractivity contribution in [2.45, 2.75) is 24.8 Å². The molecular weight excluding hydrogens is 400 g/mol. The van der Waals surface area contributed by atoms with Crippen LogP contribution >= 0.6 is 11.6 Å². The molecule has 2 aromatic rings. The van der Waals surface area contributed by atoms with Gasteiger partial charge < -0.3 is 9.64 Å². The number of aryl methyl sites for hydroxylation is 1. The second kappa shape index (κ2) is 8.51. The third-order valence-corrected chi connectivity index (χ3v) is 7.06. The SMILES string of the molecule is Cc1cc(OC(C)C(=O)N2CCN(S(=O)(=O)c3ccccc3)CC2)ccc1Cl. The van der Waals surface area contributed by atoms with Crippen LogP contribution in [0, 0.1) is 6.92 Å². The Morgan fingerprint density at radius 1 is 1.07 bits per heavy atom. The molecule has 8 heteroatoms. The highest BCUT2D eigenvalue weighted by molar-refractivity contribution is 7.89. The summed E-state index contributed by atoms with van der Waals surface area (Å²) in [4.78, 5) is 14.6. The Bertz CT molecular complexity index is 942. The summed E-state index contributed by atoms with van der Waals surface area (Å²) in [6, 6.07) is 13.6. The number of carbonyl (C=O) groups is 1. The Hall–Kier alpha value is -2.09. The van der Waals surface area contributed by atoms with Crippen molar-refractivity contribution in [1.82, 2.24) is 9.21 Å². The summed E-state index contributed by atoms with van der Waals surface area (Å²) in [5.41, 5.74) is 0.874. The molecule has 2 aromatic carbocycles. The Morgan fingerprint density at radius 3 is 2.32 bits per heavy atom. The smallest absolute Gasteiger partial charge is 0.263 e. The minimum Gasteiger partial charge on any atom is -0.481 e. The molecule has 1 fully saturated rings. The van der Waals surface area contributed by atoms with Crippen LogP contribution in [0.25, 0.3) is 0 Å². The molecule has 1 atom stereocenters. The van der Waals surface area contributed by atoms with E-state index < -0.39 is 16.1 Å². The van der Waals surface area contributed by atoms with Crippen LogP contribution < -0.4 is 4.74 Å². The molecule has 1 amide bonds. The minimum absolute atomic E-state index is 0.163. The maximum absolute atomic E-state index is 12.7. The van der Waals surface area contributed by atoms with Gasteiger partial charge in [-0.15, -0.1) is 0 Å². The van der Waals surface area contributed by atoms with Gasteiger partial charge in [-0.05, 0) is 49.7 Å². The lowest BCUT2D eigenvalue weighted by atomic mass is 10.2. The predicted molar refractivity (Wildman–Crippen MR) is 108 cm³/mol. The summed E-state index contributed by atoms with van der Waals surface area (Å²) >= 11 is 6.01. The number of carbonyl (C=O) groups excluding carboxylic acids is 1. The summed E-state index contributed by atoms with van der Waals surface area (Å²) < 4.78 is 32.5. The van der Waals surface area contributed by atoms with Crippen LogP contribution in [0.1, 0.15) is 12.5 Å². The van der Waals surface area contributed by atoms with E-state index in [4.69, 9.17) is 16.3 Å². The molecule has 6 nitrogen and oxygen atoms in total. The van der Waals surface area contributed by atoms with E-state index in [1.807, 2.05) is 6.92 Å². The second-order valence-electron chi connectivity index (χ2n) is 6.71. The van der Waals surface area contributed by atoms with Gasteiger partial charge in [0.2, 0.25) is 10.0 Å². The van der Waals surface area contributed by atoms with Gasteiger partial charge in [-0.1, -0.05) is 29.8 Å². The second-order valence-corrected chi connectivity index (χ2v) is 9.06. The fourth-order valence-corrected chi connectivity index (χ4v) is 4.65. The number of hydrogen-bond donors (Lipinski definition) is 0. The van der Waals surface area contributed by atoms with E-state index in [2.05, 4.69) is 0 Å². The number of sulfonamides is 1. The minimum atomic E-state index is -3.54. The normalized spacial score (nSPS) is 16.6. The Kier molecular flexibility index (Phi) is 6.27. The molecular formula is C20H23ClN2O4S. The molecule has 0 radical (unpaired) electrons. The first-order valence-corrected chi connectivity index (χ1v) is 10.9. The highest BCUT2D eigenvalue weighted by Crippen LogP contribution is 2.23. The van der Waals surface area contributed by atoms with E-state index in [1.54, 1.807) is 60.4 Å². The third kappa shape index (κ3) is 4.48. The van der Waals surface area contributed by atoms with Crippen molar-refractivity contribution in [3.63, 3.8) is 0 Å². The molecule has 0 spiro atoms. The fraction of sp³-hybridized carbons (Fsp3) is 0.350. The van der Waals surface area contributed by atoms with Crippen molar-refractivity contribution in [2.24, 2.45) is 0 Å². The quantitative estimate of drug-likeness (QED) is 0.743. The number of nitrogens with zero attached hydrogens (tertiary/aromatic N) is 2. The van der Waals surface area contributed by atoms with E-state index in [-0.39, 0.29) is 23.9 Å². The predicted octanol–water partition coefficient (Wildman–Crippen LogP) is 2.95. The number of amides is 1. The van der Waals surface area contributed by atoms with Crippen LogP contribution in [0.3, 0.4) is 0 Å². The van der Waals surface area contributed by atoms with Gasteiger partial charge in [0, 0.05) is 31.2 Å². The largest absolute Gasteiger partial charge is 0.481 e. The molecule has 1 aliphatic heterocycles. The van der Waals surface area contributed by atoms with Gasteiger partial charge in [0.15, 0.2) is 6.10 Å². The van der Waals surface area contributed by atoms with Gasteiger partial charge in [0.05, 0.1) is 4.90 Å². The van der Waals surface area contributed by atoms with Gasteiger partial charge in [-0.25, -0.2) is 8.42 Å². The molecule has 0 aromatic heterocycles. The Morgan fingerprint density at radius 2 is 1.71 bits per heavy atom. The zero-order valence-corrected chi connectivity index (χ0v) is 17.4. The fourth-order valence-electron chi connectivity index (χ4n) is 3.09. The molecule has 3 rings (SSSR count). The summed E-state index contributed by atoms with van der Waals surface area (Å²) in [5, 5.41) is 0.641. The molecule has 28 heavy (non-hydrogen) atoms. The molecule has 1 aliphatic rings. The molecule has 150 valence electrons. The van der Waals surface area contributed by atoms with Gasteiger partial charge in [-0.2, -0.15) is 4.31 Å². The summed E-state index contributed by atoms with van der Waals surface area (Å²) in [6.07, 6.45) is -0.669. The summed E-state index contributed by atoms with van der Waals surface area (Å²) in [6.45, 7) is 4.75. The number of rotatable bonds is 5. The van der Waals surface area contributed by atoms with Gasteiger partial charge in [-0.3, -0.25) is 4.79 Å². The summed E-state index contributed by atoms with van der Waals surface area (Å²) in [7, 11) is -3.54. The monoisotopic (exact) mass is 422 g/mol. The van der Waals surface area contributed by atoms with Crippen molar-refractivity contribution >= 4 is 27.5 Å². The Balaban J connectivity index is 1.59. The molecule has 0 saturated carbocycles. The molecule has 1 unspecified atom stereocenters. The van der Waals surface area contributed by atoms with Crippen LogP contribution in [0.2, 0.25) is 5.02 Å². The number of benzene rings is 2. The standard InChI is InChI=1S/C20H23ClN2O4S/c1-15-14-17(8-9-19(15)21)27-16(2)20(24)22-10-12-23(13-11-22)28(25,26)18-6-4-3-5-7-18/h3-9,14,16H,10-13H2,1-2H3. The van der Waals surface area contributed by atoms with E-state index in [0.717, 1.165) is 5.56 Å². The lowest BCUT2D eigenvalue weighted by Gasteiger charge is -2.35. The number of hydrogen-bond acceptors (Lipinski definition) is 4. The van der Waals surface area contributed by atoms with E-state index in [1.165, 1.54) is 4.31 Å². The van der Waals surface area contributed by atoms with Crippen LogP contribution in [0.4, 0.5) is 0 Å². The van der Waals surface area contributed by atoms with Crippen molar-refractivity contribution in [1.29, 1.82) is 0 Å².